The standard InChI is InChI=1S/C18H34N6O2.HI/c1-4-5-6-7-8-9-10-11-12-20-18(19-2)21-13-16-14-24(23-22-16)15-17(25)26-3;/h14H,4-13,15H2,1-3H3,(H2,19,20,21);1H. The van der Waals surface area contributed by atoms with Crippen LogP contribution >= 0.6 is 24.0 Å². The Morgan fingerprint density at radius 3 is 2.44 bits per heavy atom. The van der Waals surface area contributed by atoms with Gasteiger partial charge in [-0.15, -0.1) is 29.1 Å². The van der Waals surface area contributed by atoms with Crippen LogP contribution in [0.3, 0.4) is 0 Å². The Bertz CT molecular complexity index is 536. The van der Waals surface area contributed by atoms with Crippen molar-refractivity contribution in [2.75, 3.05) is 20.7 Å². The first kappa shape index (κ1) is 25.6. The van der Waals surface area contributed by atoms with E-state index in [2.05, 4.69) is 37.6 Å². The number of unbranched alkanes of at least 4 members (excludes halogenated alkanes) is 7. The topological polar surface area (TPSA) is 93.4 Å². The molecule has 1 aromatic rings. The molecule has 0 atom stereocenters. The van der Waals surface area contributed by atoms with E-state index >= 15 is 0 Å². The van der Waals surface area contributed by atoms with Crippen LogP contribution in [0.25, 0.3) is 0 Å². The number of ether oxygens (including phenoxy) is 1. The minimum Gasteiger partial charge on any atom is -0.468 e. The minimum atomic E-state index is -0.350. The Hall–Kier alpha value is -1.39. The number of guanidine groups is 1. The fraction of sp³-hybridized carbons (Fsp3) is 0.778. The summed E-state index contributed by atoms with van der Waals surface area (Å²) in [5, 5.41) is 14.4. The molecule has 0 aliphatic carbocycles. The Morgan fingerprint density at radius 2 is 1.81 bits per heavy atom. The van der Waals surface area contributed by atoms with Crippen molar-refractivity contribution in [1.82, 2.24) is 25.6 Å². The predicted molar refractivity (Wildman–Crippen MR) is 118 cm³/mol. The van der Waals surface area contributed by atoms with Crippen LogP contribution < -0.4 is 10.6 Å². The summed E-state index contributed by atoms with van der Waals surface area (Å²) < 4.78 is 6.06. The number of carbonyl (C=O) groups is 1. The molecule has 0 bridgehead atoms. The lowest BCUT2D eigenvalue weighted by Crippen LogP contribution is -2.37. The maximum Gasteiger partial charge on any atom is 0.327 e. The summed E-state index contributed by atoms with van der Waals surface area (Å²) in [6.45, 7) is 3.72. The lowest BCUT2D eigenvalue weighted by Gasteiger charge is -2.10. The minimum absolute atomic E-state index is 0. The molecule has 0 fully saturated rings. The summed E-state index contributed by atoms with van der Waals surface area (Å²) >= 11 is 0. The Labute approximate surface area is 179 Å². The van der Waals surface area contributed by atoms with Crippen molar-refractivity contribution in [2.24, 2.45) is 4.99 Å². The van der Waals surface area contributed by atoms with Gasteiger partial charge in [0.25, 0.3) is 0 Å². The van der Waals surface area contributed by atoms with Crippen LogP contribution in [0.15, 0.2) is 11.2 Å². The zero-order valence-electron chi connectivity index (χ0n) is 16.9. The van der Waals surface area contributed by atoms with E-state index in [1.54, 1.807) is 13.2 Å². The van der Waals surface area contributed by atoms with E-state index in [1.165, 1.54) is 56.7 Å². The summed E-state index contributed by atoms with van der Waals surface area (Å²) in [6.07, 6.45) is 12.2. The SMILES string of the molecule is CCCCCCCCCCNC(=NC)NCc1cn(CC(=O)OC)nn1.I. The first-order chi connectivity index (χ1) is 12.7. The molecule has 0 saturated heterocycles. The summed E-state index contributed by atoms with van der Waals surface area (Å²) in [5.41, 5.74) is 0.740. The van der Waals surface area contributed by atoms with Crippen LogP contribution in [0.4, 0.5) is 0 Å². The highest BCUT2D eigenvalue weighted by Gasteiger charge is 2.06. The van der Waals surface area contributed by atoms with Crippen molar-refractivity contribution in [3.8, 4) is 0 Å². The number of hydrogen-bond donors (Lipinski definition) is 2. The quantitative estimate of drug-likeness (QED) is 0.144. The van der Waals surface area contributed by atoms with E-state index < -0.39 is 0 Å². The highest BCUT2D eigenvalue weighted by Crippen LogP contribution is 2.07. The maximum atomic E-state index is 11.2. The zero-order chi connectivity index (χ0) is 19.0. The van der Waals surface area contributed by atoms with Gasteiger partial charge in [-0.05, 0) is 6.42 Å². The molecule has 0 unspecified atom stereocenters. The first-order valence-corrected chi connectivity index (χ1v) is 9.60. The molecule has 1 rings (SSSR count). The van der Waals surface area contributed by atoms with Gasteiger partial charge in [0, 0.05) is 13.6 Å². The van der Waals surface area contributed by atoms with Crippen molar-refractivity contribution in [1.29, 1.82) is 0 Å². The largest absolute Gasteiger partial charge is 0.468 e. The van der Waals surface area contributed by atoms with E-state index in [1.807, 2.05) is 0 Å². The molecule has 0 aliphatic heterocycles. The molecule has 9 heteroatoms. The number of nitrogens with one attached hydrogen (secondary N) is 2. The number of halogens is 1. The first-order valence-electron chi connectivity index (χ1n) is 9.60. The monoisotopic (exact) mass is 494 g/mol. The van der Waals surface area contributed by atoms with Crippen molar-refractivity contribution < 1.29 is 9.53 Å². The van der Waals surface area contributed by atoms with E-state index in [-0.39, 0.29) is 36.5 Å². The molecule has 1 aromatic heterocycles. The van der Waals surface area contributed by atoms with Gasteiger partial charge in [0.15, 0.2) is 5.96 Å². The number of aromatic nitrogens is 3. The predicted octanol–water partition coefficient (Wildman–Crippen LogP) is 2.87. The fourth-order valence-corrected chi connectivity index (χ4v) is 2.55. The van der Waals surface area contributed by atoms with Gasteiger partial charge >= 0.3 is 5.97 Å². The van der Waals surface area contributed by atoms with Crippen LogP contribution in [-0.2, 0) is 22.6 Å². The van der Waals surface area contributed by atoms with Gasteiger partial charge in [-0.2, -0.15) is 0 Å². The maximum absolute atomic E-state index is 11.2. The lowest BCUT2D eigenvalue weighted by atomic mass is 10.1. The summed E-state index contributed by atoms with van der Waals surface area (Å²) in [7, 11) is 3.10. The van der Waals surface area contributed by atoms with E-state index in [0.29, 0.717) is 6.54 Å². The number of nitrogens with zero attached hydrogens (tertiary/aromatic N) is 4. The molecule has 1 heterocycles. The Kier molecular flexibility index (Phi) is 15.9. The number of hydrogen-bond acceptors (Lipinski definition) is 5. The third kappa shape index (κ3) is 12.6. The second kappa shape index (κ2) is 16.8. The molecule has 0 saturated carbocycles. The van der Waals surface area contributed by atoms with Gasteiger partial charge in [0.1, 0.15) is 12.2 Å². The molecule has 0 spiro atoms. The van der Waals surface area contributed by atoms with Gasteiger partial charge in [0.2, 0.25) is 0 Å². The number of methoxy groups -OCH3 is 1. The number of carbonyl (C=O) groups excluding carboxylic acids is 1. The fourth-order valence-electron chi connectivity index (χ4n) is 2.55. The van der Waals surface area contributed by atoms with E-state index in [0.717, 1.165) is 24.6 Å². The zero-order valence-corrected chi connectivity index (χ0v) is 19.2. The van der Waals surface area contributed by atoms with Crippen LogP contribution in [0, 0.1) is 0 Å². The summed E-state index contributed by atoms with van der Waals surface area (Å²) in [5.74, 6) is 0.396. The number of aliphatic imine (C=N–C) groups is 1. The smallest absolute Gasteiger partial charge is 0.327 e. The van der Waals surface area contributed by atoms with Crippen LogP contribution in [-0.4, -0.2) is 47.6 Å². The lowest BCUT2D eigenvalue weighted by molar-refractivity contribution is -0.141. The molecular weight excluding hydrogens is 459 g/mol. The van der Waals surface area contributed by atoms with Gasteiger partial charge in [-0.1, -0.05) is 57.1 Å². The highest BCUT2D eigenvalue weighted by molar-refractivity contribution is 14.0. The molecule has 8 nitrogen and oxygen atoms in total. The highest BCUT2D eigenvalue weighted by atomic mass is 127. The van der Waals surface area contributed by atoms with Crippen molar-refractivity contribution in [2.45, 2.75) is 71.4 Å². The second-order valence-corrected chi connectivity index (χ2v) is 6.31. The molecule has 156 valence electrons. The Balaban J connectivity index is 0.00000676. The molecule has 2 N–H and O–H groups in total. The van der Waals surface area contributed by atoms with Crippen molar-refractivity contribution >= 4 is 35.9 Å². The average Bonchev–Trinajstić information content (AvgIpc) is 3.09. The van der Waals surface area contributed by atoms with E-state index in [4.69, 9.17) is 0 Å². The molecule has 27 heavy (non-hydrogen) atoms. The molecule has 0 radical (unpaired) electrons. The molecule has 0 aromatic carbocycles. The van der Waals surface area contributed by atoms with Gasteiger partial charge in [-0.3, -0.25) is 9.79 Å². The normalized spacial score (nSPS) is 11.0. The third-order valence-electron chi connectivity index (χ3n) is 4.09. The molecular formula is C18H35IN6O2. The van der Waals surface area contributed by atoms with Gasteiger partial charge in [0.05, 0.1) is 19.9 Å². The van der Waals surface area contributed by atoms with Crippen molar-refractivity contribution in [3.63, 3.8) is 0 Å². The molecule has 0 aliphatic rings. The van der Waals surface area contributed by atoms with Crippen LogP contribution in [0.2, 0.25) is 0 Å². The van der Waals surface area contributed by atoms with Crippen molar-refractivity contribution in [3.05, 3.63) is 11.9 Å². The molecule has 0 amide bonds. The van der Waals surface area contributed by atoms with Crippen LogP contribution in [0.5, 0.6) is 0 Å². The van der Waals surface area contributed by atoms with E-state index in [9.17, 15) is 4.79 Å². The van der Waals surface area contributed by atoms with Gasteiger partial charge in [-0.25, -0.2) is 4.68 Å². The second-order valence-electron chi connectivity index (χ2n) is 6.31. The third-order valence-corrected chi connectivity index (χ3v) is 4.09. The summed E-state index contributed by atoms with van der Waals surface area (Å²) in [6, 6.07) is 0. The number of esters is 1. The Morgan fingerprint density at radius 1 is 1.15 bits per heavy atom. The summed E-state index contributed by atoms with van der Waals surface area (Å²) in [4.78, 5) is 15.4. The van der Waals surface area contributed by atoms with Crippen LogP contribution in [0.1, 0.15) is 64.0 Å². The average molecular weight is 494 g/mol. The van der Waals surface area contributed by atoms with Gasteiger partial charge < -0.3 is 15.4 Å². The number of rotatable bonds is 13.